The van der Waals surface area contributed by atoms with Gasteiger partial charge in [0.25, 0.3) is 0 Å². The quantitative estimate of drug-likeness (QED) is 0.586. The van der Waals surface area contributed by atoms with E-state index >= 15 is 0 Å². The average Bonchev–Trinajstić information content (AvgIpc) is 3.46. The van der Waals surface area contributed by atoms with Crippen molar-refractivity contribution in [2.75, 3.05) is 19.8 Å². The second-order valence-electron chi connectivity index (χ2n) is 9.71. The Morgan fingerprint density at radius 1 is 1.03 bits per heavy atom. The van der Waals surface area contributed by atoms with E-state index in [-0.39, 0.29) is 31.1 Å². The molecular weight excluding hydrogens is 448 g/mol. The molecule has 1 heterocycles. The van der Waals surface area contributed by atoms with Gasteiger partial charge in [-0.15, -0.1) is 0 Å². The Morgan fingerprint density at radius 3 is 2.34 bits per heavy atom. The summed E-state index contributed by atoms with van der Waals surface area (Å²) in [6, 6.07) is 16.0. The van der Waals surface area contributed by atoms with Crippen LogP contribution in [0.3, 0.4) is 0 Å². The largest absolute Gasteiger partial charge is 0.481 e. The summed E-state index contributed by atoms with van der Waals surface area (Å²) in [6.07, 6.45) is 2.14. The van der Waals surface area contributed by atoms with E-state index in [0.29, 0.717) is 25.9 Å². The number of carbonyl (C=O) groups excluding carboxylic acids is 2. The molecule has 3 atom stereocenters. The van der Waals surface area contributed by atoms with Crippen LogP contribution in [0.1, 0.15) is 49.1 Å². The van der Waals surface area contributed by atoms with Crippen molar-refractivity contribution < 1.29 is 29.0 Å². The van der Waals surface area contributed by atoms with Crippen molar-refractivity contribution >= 4 is 18.0 Å². The molecule has 2 aromatic rings. The summed E-state index contributed by atoms with van der Waals surface area (Å²) in [4.78, 5) is 37.5. The van der Waals surface area contributed by atoms with Crippen LogP contribution in [-0.4, -0.2) is 54.5 Å². The number of alkyl carbamates (subject to hydrolysis) is 1. The third-order valence-electron chi connectivity index (χ3n) is 7.50. The van der Waals surface area contributed by atoms with Gasteiger partial charge in [0.2, 0.25) is 5.91 Å². The average molecular weight is 479 g/mol. The first-order valence-corrected chi connectivity index (χ1v) is 12.2. The molecule has 1 saturated carbocycles. The third-order valence-corrected chi connectivity index (χ3v) is 7.50. The lowest BCUT2D eigenvalue weighted by Crippen LogP contribution is -2.61. The number of hydrogen-bond acceptors (Lipinski definition) is 5. The SMILES string of the molecule is O=C(NC1(C(=O)N[C@@H]2CCC[C@@H](C(=O)O)C2)CCOC1)OCC1c2ccccc2-c2ccccc21. The van der Waals surface area contributed by atoms with Crippen molar-refractivity contribution in [1.29, 1.82) is 0 Å². The summed E-state index contributed by atoms with van der Waals surface area (Å²) >= 11 is 0. The summed E-state index contributed by atoms with van der Waals surface area (Å²) in [6.45, 7) is 0.554. The molecular formula is C27H30N2O6. The van der Waals surface area contributed by atoms with Crippen molar-refractivity contribution in [3.8, 4) is 11.1 Å². The molecule has 3 aliphatic rings. The predicted octanol–water partition coefficient (Wildman–Crippen LogP) is 3.44. The number of fused-ring (bicyclic) bond motifs is 3. The maximum atomic E-state index is 13.2. The van der Waals surface area contributed by atoms with Gasteiger partial charge in [0.15, 0.2) is 0 Å². The Hall–Kier alpha value is -3.39. The van der Waals surface area contributed by atoms with Crippen LogP contribution in [0.15, 0.2) is 48.5 Å². The van der Waals surface area contributed by atoms with E-state index in [1.54, 1.807) is 0 Å². The van der Waals surface area contributed by atoms with E-state index in [0.717, 1.165) is 35.1 Å². The number of hydrogen-bond donors (Lipinski definition) is 3. The number of rotatable bonds is 6. The number of amides is 2. The fourth-order valence-electron chi connectivity index (χ4n) is 5.60. The van der Waals surface area contributed by atoms with Gasteiger partial charge >= 0.3 is 12.1 Å². The van der Waals surface area contributed by atoms with Crippen molar-refractivity contribution in [3.05, 3.63) is 59.7 Å². The molecule has 3 N–H and O–H groups in total. The van der Waals surface area contributed by atoms with Crippen molar-refractivity contribution in [2.45, 2.75) is 49.6 Å². The van der Waals surface area contributed by atoms with Crippen LogP contribution in [0.25, 0.3) is 11.1 Å². The standard InChI is InChI=1S/C27H30N2O6/c30-24(31)17-6-5-7-18(14-17)28-25(32)27(12-13-34-16-27)29-26(33)35-15-23-21-10-3-1-8-19(21)20-9-2-4-11-22(20)23/h1-4,8-11,17-18,23H,5-7,12-16H2,(H,28,32)(H,29,33)(H,30,31)/t17-,18-,27?/m1/s1. The molecule has 35 heavy (non-hydrogen) atoms. The third kappa shape index (κ3) is 4.62. The lowest BCUT2D eigenvalue weighted by molar-refractivity contribution is -0.143. The molecule has 2 amide bonds. The van der Waals surface area contributed by atoms with Gasteiger partial charge in [-0.3, -0.25) is 9.59 Å². The van der Waals surface area contributed by atoms with Crippen LogP contribution in [0.4, 0.5) is 4.79 Å². The van der Waals surface area contributed by atoms with Crippen molar-refractivity contribution in [2.24, 2.45) is 5.92 Å². The molecule has 2 fully saturated rings. The maximum absolute atomic E-state index is 13.2. The van der Waals surface area contributed by atoms with E-state index in [2.05, 4.69) is 34.9 Å². The van der Waals surface area contributed by atoms with E-state index in [1.807, 2.05) is 24.3 Å². The fraction of sp³-hybridized carbons (Fsp3) is 0.444. The molecule has 0 aromatic heterocycles. The van der Waals surface area contributed by atoms with Gasteiger partial charge in [0.05, 0.1) is 12.5 Å². The summed E-state index contributed by atoms with van der Waals surface area (Å²) in [7, 11) is 0. The van der Waals surface area contributed by atoms with Crippen LogP contribution < -0.4 is 10.6 Å². The minimum absolute atomic E-state index is 0.0537. The zero-order valence-corrected chi connectivity index (χ0v) is 19.5. The molecule has 1 unspecified atom stereocenters. The Balaban J connectivity index is 1.24. The Bertz CT molecular complexity index is 1080. The number of aliphatic carboxylic acids is 1. The van der Waals surface area contributed by atoms with Crippen LogP contribution in [0, 0.1) is 5.92 Å². The maximum Gasteiger partial charge on any atom is 0.408 e. The molecule has 2 aromatic carbocycles. The molecule has 8 nitrogen and oxygen atoms in total. The molecule has 5 rings (SSSR count). The molecule has 0 radical (unpaired) electrons. The Morgan fingerprint density at radius 2 is 1.71 bits per heavy atom. The van der Waals surface area contributed by atoms with Crippen LogP contribution in [-0.2, 0) is 19.1 Å². The molecule has 184 valence electrons. The minimum Gasteiger partial charge on any atom is -0.481 e. The zero-order valence-electron chi connectivity index (χ0n) is 19.5. The van der Waals surface area contributed by atoms with Gasteiger partial charge in [-0.25, -0.2) is 4.79 Å². The molecule has 0 bridgehead atoms. The molecule has 0 spiro atoms. The van der Waals surface area contributed by atoms with Crippen molar-refractivity contribution in [1.82, 2.24) is 10.6 Å². The number of nitrogens with one attached hydrogen (secondary N) is 2. The van der Waals surface area contributed by atoms with Gasteiger partial charge in [-0.2, -0.15) is 0 Å². The smallest absolute Gasteiger partial charge is 0.408 e. The Kier molecular flexibility index (Phi) is 6.47. The van der Waals surface area contributed by atoms with Gasteiger partial charge < -0.3 is 25.2 Å². The number of ether oxygens (including phenoxy) is 2. The van der Waals surface area contributed by atoms with E-state index in [9.17, 15) is 19.5 Å². The first-order valence-electron chi connectivity index (χ1n) is 12.2. The highest BCUT2D eigenvalue weighted by Gasteiger charge is 2.45. The number of carboxylic acid groups (broad SMARTS) is 1. The second kappa shape index (κ2) is 9.70. The molecule has 1 aliphatic heterocycles. The highest BCUT2D eigenvalue weighted by Crippen LogP contribution is 2.44. The monoisotopic (exact) mass is 478 g/mol. The first-order chi connectivity index (χ1) is 17.0. The van der Waals surface area contributed by atoms with Crippen LogP contribution in [0.2, 0.25) is 0 Å². The lowest BCUT2D eigenvalue weighted by atomic mass is 9.85. The number of carboxylic acids is 1. The van der Waals surface area contributed by atoms with Crippen molar-refractivity contribution in [3.63, 3.8) is 0 Å². The zero-order chi connectivity index (χ0) is 24.4. The summed E-state index contributed by atoms with van der Waals surface area (Å²) in [5.74, 6) is -1.72. The van der Waals surface area contributed by atoms with Gasteiger partial charge in [0.1, 0.15) is 12.1 Å². The minimum atomic E-state index is -1.22. The molecule has 8 heteroatoms. The van der Waals surface area contributed by atoms with E-state index in [1.165, 1.54) is 0 Å². The van der Waals surface area contributed by atoms with E-state index < -0.39 is 23.5 Å². The number of benzene rings is 2. The molecule has 1 saturated heterocycles. The van der Waals surface area contributed by atoms with E-state index in [4.69, 9.17) is 9.47 Å². The second-order valence-corrected chi connectivity index (χ2v) is 9.71. The van der Waals surface area contributed by atoms with Gasteiger partial charge in [-0.05, 0) is 41.5 Å². The van der Waals surface area contributed by atoms with Gasteiger partial charge in [-0.1, -0.05) is 55.0 Å². The lowest BCUT2D eigenvalue weighted by Gasteiger charge is -2.32. The summed E-state index contributed by atoms with van der Waals surface area (Å²) in [5, 5.41) is 15.1. The Labute approximate surface area is 204 Å². The van der Waals surface area contributed by atoms with Crippen LogP contribution >= 0.6 is 0 Å². The number of carbonyl (C=O) groups is 3. The normalized spacial score (nSPS) is 25.4. The molecule has 2 aliphatic carbocycles. The van der Waals surface area contributed by atoms with Crippen LogP contribution in [0.5, 0.6) is 0 Å². The predicted molar refractivity (Wildman–Crippen MR) is 128 cm³/mol. The topological polar surface area (TPSA) is 114 Å². The highest BCUT2D eigenvalue weighted by atomic mass is 16.6. The summed E-state index contributed by atoms with van der Waals surface area (Å²) < 4.78 is 11.1. The fourth-order valence-corrected chi connectivity index (χ4v) is 5.60. The first kappa shape index (κ1) is 23.4. The van der Waals surface area contributed by atoms with Gasteiger partial charge in [0, 0.05) is 25.0 Å². The highest BCUT2D eigenvalue weighted by molar-refractivity contribution is 5.91. The summed E-state index contributed by atoms with van der Waals surface area (Å²) in [5.41, 5.74) is 3.29.